The molecule has 0 saturated carbocycles. The molecule has 1 aromatic rings. The second-order valence-electron chi connectivity index (χ2n) is 5.01. The predicted octanol–water partition coefficient (Wildman–Crippen LogP) is 3.40. The molecule has 0 heterocycles. The summed E-state index contributed by atoms with van der Waals surface area (Å²) in [5, 5.41) is 0. The van der Waals surface area contributed by atoms with Crippen molar-refractivity contribution in [2.24, 2.45) is 5.73 Å². The maximum Gasteiger partial charge on any atom is 0.163 e. The zero-order valence-corrected chi connectivity index (χ0v) is 12.3. The summed E-state index contributed by atoms with van der Waals surface area (Å²) in [7, 11) is 1.65. The van der Waals surface area contributed by atoms with Crippen LogP contribution < -0.4 is 10.5 Å². The lowest BCUT2D eigenvalue weighted by Gasteiger charge is -2.10. The van der Waals surface area contributed by atoms with E-state index in [9.17, 15) is 4.79 Å². The molecule has 0 fully saturated rings. The molecule has 0 spiro atoms. The Bertz CT molecular complexity index is 427. The number of hydrogen-bond acceptors (Lipinski definition) is 3. The Labute approximate surface area is 116 Å². The quantitative estimate of drug-likeness (QED) is 0.577. The molecule has 3 heteroatoms. The van der Waals surface area contributed by atoms with Crippen LogP contribution >= 0.6 is 0 Å². The van der Waals surface area contributed by atoms with E-state index in [1.165, 1.54) is 0 Å². The molecule has 19 heavy (non-hydrogen) atoms. The normalized spacial score (nSPS) is 10.5. The Morgan fingerprint density at radius 2 is 1.79 bits per heavy atom. The fourth-order valence-electron chi connectivity index (χ4n) is 2.23. The zero-order valence-electron chi connectivity index (χ0n) is 12.3. The van der Waals surface area contributed by atoms with Crippen molar-refractivity contribution in [2.45, 2.75) is 46.0 Å². The molecule has 0 aliphatic carbocycles. The van der Waals surface area contributed by atoms with Gasteiger partial charge in [0.1, 0.15) is 5.75 Å². The molecule has 0 aliphatic rings. The van der Waals surface area contributed by atoms with E-state index in [0.29, 0.717) is 6.42 Å². The number of carbonyl (C=O) groups is 1. The molecule has 1 rings (SSSR count). The number of rotatable bonds is 8. The van der Waals surface area contributed by atoms with Crippen LogP contribution in [0.2, 0.25) is 0 Å². The summed E-state index contributed by atoms with van der Waals surface area (Å²) in [5.74, 6) is 1.08. The highest BCUT2D eigenvalue weighted by molar-refractivity contribution is 5.97. The van der Waals surface area contributed by atoms with E-state index in [1.807, 2.05) is 26.0 Å². The summed E-state index contributed by atoms with van der Waals surface area (Å²) in [5.41, 5.74) is 8.29. The average Bonchev–Trinajstić information content (AvgIpc) is 2.40. The molecule has 0 radical (unpaired) electrons. The third-order valence-corrected chi connectivity index (χ3v) is 3.40. The molecule has 0 saturated heterocycles. The van der Waals surface area contributed by atoms with Gasteiger partial charge in [0.15, 0.2) is 5.78 Å². The van der Waals surface area contributed by atoms with Crippen LogP contribution in [0.4, 0.5) is 0 Å². The van der Waals surface area contributed by atoms with Crippen LogP contribution in [0.1, 0.15) is 53.6 Å². The van der Waals surface area contributed by atoms with Gasteiger partial charge < -0.3 is 10.5 Å². The average molecular weight is 263 g/mol. The van der Waals surface area contributed by atoms with Crippen LogP contribution in [0, 0.1) is 13.8 Å². The molecule has 106 valence electrons. The lowest BCUT2D eigenvalue weighted by molar-refractivity contribution is 0.0978. The summed E-state index contributed by atoms with van der Waals surface area (Å²) in [6.45, 7) is 4.67. The molecule has 0 atom stereocenters. The van der Waals surface area contributed by atoms with Crippen LogP contribution in [0.3, 0.4) is 0 Å². The summed E-state index contributed by atoms with van der Waals surface area (Å²) >= 11 is 0. The minimum Gasteiger partial charge on any atom is -0.496 e. The Balaban J connectivity index is 2.59. The van der Waals surface area contributed by atoms with E-state index in [0.717, 1.165) is 54.7 Å². The van der Waals surface area contributed by atoms with Gasteiger partial charge in [0.25, 0.3) is 0 Å². The molecule has 0 bridgehead atoms. The number of ketones is 1. The highest BCUT2D eigenvalue weighted by Crippen LogP contribution is 2.23. The number of hydrogen-bond donors (Lipinski definition) is 1. The summed E-state index contributed by atoms with van der Waals surface area (Å²) in [4.78, 5) is 12.2. The van der Waals surface area contributed by atoms with E-state index in [-0.39, 0.29) is 5.78 Å². The highest BCUT2D eigenvalue weighted by Gasteiger charge is 2.11. The van der Waals surface area contributed by atoms with E-state index < -0.39 is 0 Å². The molecule has 2 N–H and O–H groups in total. The first-order chi connectivity index (χ1) is 9.10. The SMILES string of the molecule is COc1cc(C)c(C(=O)CCCCCCN)cc1C. The van der Waals surface area contributed by atoms with Crippen LogP contribution in [0.25, 0.3) is 0 Å². The van der Waals surface area contributed by atoms with Gasteiger partial charge in [0.05, 0.1) is 7.11 Å². The van der Waals surface area contributed by atoms with Crippen LogP contribution in [0.15, 0.2) is 12.1 Å². The number of nitrogens with two attached hydrogens (primary N) is 1. The topological polar surface area (TPSA) is 52.3 Å². The van der Waals surface area contributed by atoms with Gasteiger partial charge in [-0.1, -0.05) is 12.8 Å². The molecule has 0 amide bonds. The van der Waals surface area contributed by atoms with Gasteiger partial charge in [0, 0.05) is 12.0 Å². The maximum absolute atomic E-state index is 12.2. The van der Waals surface area contributed by atoms with Crippen molar-refractivity contribution in [1.82, 2.24) is 0 Å². The van der Waals surface area contributed by atoms with Crippen molar-refractivity contribution < 1.29 is 9.53 Å². The standard InChI is InChI=1S/C16H25NO2/c1-12-11-16(19-3)13(2)10-14(12)15(18)8-6-4-5-7-9-17/h10-11H,4-9,17H2,1-3H3. The summed E-state index contributed by atoms with van der Waals surface area (Å²) < 4.78 is 5.26. The van der Waals surface area contributed by atoms with Gasteiger partial charge >= 0.3 is 0 Å². The van der Waals surface area contributed by atoms with E-state index in [2.05, 4.69) is 0 Å². The minimum absolute atomic E-state index is 0.232. The Morgan fingerprint density at radius 3 is 2.42 bits per heavy atom. The molecule has 0 unspecified atom stereocenters. The molecular weight excluding hydrogens is 238 g/mol. The van der Waals surface area contributed by atoms with Crippen LogP contribution in [-0.4, -0.2) is 19.4 Å². The fourth-order valence-corrected chi connectivity index (χ4v) is 2.23. The zero-order chi connectivity index (χ0) is 14.3. The fraction of sp³-hybridized carbons (Fsp3) is 0.562. The molecule has 0 aromatic heterocycles. The van der Waals surface area contributed by atoms with E-state index >= 15 is 0 Å². The second kappa shape index (κ2) is 7.95. The van der Waals surface area contributed by atoms with E-state index in [4.69, 9.17) is 10.5 Å². The number of carbonyl (C=O) groups excluding carboxylic acids is 1. The molecule has 0 aliphatic heterocycles. The van der Waals surface area contributed by atoms with Crippen molar-refractivity contribution >= 4 is 5.78 Å². The third kappa shape index (κ3) is 4.67. The number of methoxy groups -OCH3 is 1. The van der Waals surface area contributed by atoms with Crippen molar-refractivity contribution in [3.05, 3.63) is 28.8 Å². The number of Topliss-reactive ketones (excluding diaryl/α,β-unsaturated/α-hetero) is 1. The second-order valence-corrected chi connectivity index (χ2v) is 5.01. The number of ether oxygens (including phenoxy) is 1. The number of unbranched alkanes of at least 4 members (excludes halogenated alkanes) is 3. The largest absolute Gasteiger partial charge is 0.496 e. The first kappa shape index (κ1) is 15.7. The van der Waals surface area contributed by atoms with E-state index in [1.54, 1.807) is 7.11 Å². The monoisotopic (exact) mass is 263 g/mol. The van der Waals surface area contributed by atoms with Crippen molar-refractivity contribution in [2.75, 3.05) is 13.7 Å². The maximum atomic E-state index is 12.2. The summed E-state index contributed by atoms with van der Waals surface area (Å²) in [6, 6.07) is 3.88. The van der Waals surface area contributed by atoms with Gasteiger partial charge in [-0.3, -0.25) is 4.79 Å². The third-order valence-electron chi connectivity index (χ3n) is 3.40. The first-order valence-corrected chi connectivity index (χ1v) is 6.98. The van der Waals surface area contributed by atoms with Crippen molar-refractivity contribution in [1.29, 1.82) is 0 Å². The van der Waals surface area contributed by atoms with Crippen molar-refractivity contribution in [3.8, 4) is 5.75 Å². The first-order valence-electron chi connectivity index (χ1n) is 6.98. The molecular formula is C16H25NO2. The molecule has 1 aromatic carbocycles. The van der Waals surface area contributed by atoms with Gasteiger partial charge in [-0.15, -0.1) is 0 Å². The highest BCUT2D eigenvalue weighted by atomic mass is 16.5. The Hall–Kier alpha value is -1.35. The van der Waals surface area contributed by atoms with Crippen molar-refractivity contribution in [3.63, 3.8) is 0 Å². The van der Waals surface area contributed by atoms with Crippen LogP contribution in [0.5, 0.6) is 5.75 Å². The summed E-state index contributed by atoms with van der Waals surface area (Å²) in [6.07, 6.45) is 4.82. The minimum atomic E-state index is 0.232. The van der Waals surface area contributed by atoms with Gasteiger partial charge in [0.2, 0.25) is 0 Å². The van der Waals surface area contributed by atoms with Gasteiger partial charge in [-0.25, -0.2) is 0 Å². The molecule has 3 nitrogen and oxygen atoms in total. The Kier molecular flexibility index (Phi) is 6.57. The van der Waals surface area contributed by atoms with Gasteiger partial charge in [-0.05, 0) is 56.5 Å². The number of benzene rings is 1. The predicted molar refractivity (Wildman–Crippen MR) is 78.9 cm³/mol. The number of aryl methyl sites for hydroxylation is 2. The Morgan fingerprint density at radius 1 is 1.11 bits per heavy atom. The van der Waals surface area contributed by atoms with Gasteiger partial charge in [-0.2, -0.15) is 0 Å². The van der Waals surface area contributed by atoms with Crippen LogP contribution in [-0.2, 0) is 0 Å². The lowest BCUT2D eigenvalue weighted by Crippen LogP contribution is -2.04. The lowest BCUT2D eigenvalue weighted by atomic mass is 9.97. The smallest absolute Gasteiger partial charge is 0.163 e.